The Hall–Kier alpha value is -0.780. The van der Waals surface area contributed by atoms with Gasteiger partial charge in [-0.25, -0.2) is 0 Å². The van der Waals surface area contributed by atoms with Gasteiger partial charge in [0, 0.05) is 4.47 Å². The number of hydrogen-bond donors (Lipinski definition) is 2. The van der Waals surface area contributed by atoms with Crippen LogP contribution in [0.1, 0.15) is 17.3 Å². The maximum Gasteiger partial charge on any atom is 0.202 e. The van der Waals surface area contributed by atoms with Gasteiger partial charge >= 0.3 is 0 Å². The molecule has 0 spiro atoms. The Labute approximate surface area is 116 Å². The van der Waals surface area contributed by atoms with Crippen LogP contribution >= 0.6 is 40.2 Å². The number of H-pyrrole nitrogens is 1. The molecule has 0 unspecified atom stereocenters. The van der Waals surface area contributed by atoms with Gasteiger partial charge in [-0.2, -0.15) is 0 Å². The number of aromatic amines is 1. The number of rotatable bonds is 1. The SMILES string of the molecule is CC(=O)c1c(S)[nH]c2c(Br)ccc(Cl)c2c1=O. The number of pyridine rings is 1. The molecule has 17 heavy (non-hydrogen) atoms. The number of Topliss-reactive ketones (excluding diaryl/α,β-unsaturated/α-hetero) is 1. The van der Waals surface area contributed by atoms with E-state index in [9.17, 15) is 9.59 Å². The summed E-state index contributed by atoms with van der Waals surface area (Å²) < 4.78 is 0.694. The van der Waals surface area contributed by atoms with Crippen LogP contribution < -0.4 is 5.43 Å². The molecule has 1 aromatic heterocycles. The number of carbonyl (C=O) groups is 1. The second-order valence-corrected chi connectivity index (χ2v) is 5.22. The van der Waals surface area contributed by atoms with Crippen molar-refractivity contribution in [1.82, 2.24) is 4.98 Å². The van der Waals surface area contributed by atoms with Crippen molar-refractivity contribution in [3.8, 4) is 0 Å². The number of aromatic nitrogens is 1. The second-order valence-electron chi connectivity index (χ2n) is 3.51. The van der Waals surface area contributed by atoms with Gasteiger partial charge in [-0.05, 0) is 35.0 Å². The van der Waals surface area contributed by atoms with Crippen LogP contribution in [0.5, 0.6) is 0 Å². The first kappa shape index (κ1) is 12.7. The van der Waals surface area contributed by atoms with Crippen molar-refractivity contribution < 1.29 is 4.79 Å². The summed E-state index contributed by atoms with van der Waals surface area (Å²) in [5, 5.41) is 0.849. The summed E-state index contributed by atoms with van der Waals surface area (Å²) in [6.07, 6.45) is 0. The molecule has 3 nitrogen and oxygen atoms in total. The first-order valence-electron chi connectivity index (χ1n) is 4.67. The van der Waals surface area contributed by atoms with Crippen molar-refractivity contribution >= 4 is 56.8 Å². The van der Waals surface area contributed by atoms with Gasteiger partial charge in [0.2, 0.25) is 5.43 Å². The topological polar surface area (TPSA) is 49.9 Å². The molecule has 0 aliphatic heterocycles. The van der Waals surface area contributed by atoms with E-state index in [-0.39, 0.29) is 16.4 Å². The summed E-state index contributed by atoms with van der Waals surface area (Å²) in [7, 11) is 0. The highest BCUT2D eigenvalue weighted by molar-refractivity contribution is 9.10. The van der Waals surface area contributed by atoms with Crippen LogP contribution in [0, 0.1) is 0 Å². The minimum absolute atomic E-state index is 0.0285. The number of thiol groups is 1. The Balaban J connectivity index is 3.08. The molecule has 2 rings (SSSR count). The van der Waals surface area contributed by atoms with Crippen molar-refractivity contribution in [2.45, 2.75) is 11.9 Å². The van der Waals surface area contributed by atoms with Crippen molar-refractivity contribution in [3.63, 3.8) is 0 Å². The van der Waals surface area contributed by atoms with Crippen LogP contribution in [0.4, 0.5) is 0 Å². The molecular weight excluding hydrogens is 326 g/mol. The van der Waals surface area contributed by atoms with Gasteiger partial charge in [-0.1, -0.05) is 11.6 Å². The summed E-state index contributed by atoms with van der Waals surface area (Å²) in [5.41, 5.74) is 0.167. The van der Waals surface area contributed by atoms with Crippen LogP contribution in [-0.4, -0.2) is 10.8 Å². The molecule has 6 heteroatoms. The van der Waals surface area contributed by atoms with Crippen molar-refractivity contribution in [3.05, 3.63) is 37.4 Å². The van der Waals surface area contributed by atoms with Crippen molar-refractivity contribution in [2.75, 3.05) is 0 Å². The number of carbonyl (C=O) groups excluding carboxylic acids is 1. The number of nitrogens with one attached hydrogen (secondary N) is 1. The highest BCUT2D eigenvalue weighted by atomic mass is 79.9. The molecule has 1 heterocycles. The second kappa shape index (κ2) is 4.48. The summed E-state index contributed by atoms with van der Waals surface area (Å²) in [6.45, 7) is 1.32. The third kappa shape index (κ3) is 2.03. The Morgan fingerprint density at radius 1 is 1.47 bits per heavy atom. The third-order valence-electron chi connectivity index (χ3n) is 2.39. The van der Waals surface area contributed by atoms with E-state index in [0.29, 0.717) is 20.4 Å². The first-order chi connectivity index (χ1) is 7.93. The molecule has 0 radical (unpaired) electrons. The molecular formula is C11H7BrClNO2S. The lowest BCUT2D eigenvalue weighted by atomic mass is 10.1. The highest BCUT2D eigenvalue weighted by Gasteiger charge is 2.16. The normalized spacial score (nSPS) is 10.8. The van der Waals surface area contributed by atoms with E-state index in [1.807, 2.05) is 0 Å². The van der Waals surface area contributed by atoms with Crippen LogP contribution in [0.15, 0.2) is 26.4 Å². The minimum atomic E-state index is -0.400. The van der Waals surface area contributed by atoms with E-state index in [1.165, 1.54) is 6.92 Å². The highest BCUT2D eigenvalue weighted by Crippen LogP contribution is 2.28. The molecule has 0 bridgehead atoms. The number of fused-ring (bicyclic) bond motifs is 1. The summed E-state index contributed by atoms with van der Waals surface area (Å²) in [4.78, 5) is 26.5. The minimum Gasteiger partial charge on any atom is -0.348 e. The van der Waals surface area contributed by atoms with Gasteiger partial charge in [0.15, 0.2) is 5.78 Å². The molecule has 0 amide bonds. The van der Waals surface area contributed by atoms with Gasteiger partial charge < -0.3 is 4.98 Å². The van der Waals surface area contributed by atoms with Gasteiger partial charge in [0.1, 0.15) is 0 Å². The van der Waals surface area contributed by atoms with Gasteiger partial charge in [-0.3, -0.25) is 9.59 Å². The molecule has 0 aliphatic carbocycles. The molecule has 1 aromatic carbocycles. The molecule has 0 fully saturated rings. The zero-order valence-electron chi connectivity index (χ0n) is 8.67. The summed E-state index contributed by atoms with van der Waals surface area (Å²) in [5.74, 6) is -0.339. The lowest BCUT2D eigenvalue weighted by Gasteiger charge is -2.07. The van der Waals surface area contributed by atoms with Gasteiger partial charge in [0.05, 0.1) is 26.5 Å². The Morgan fingerprint density at radius 3 is 2.71 bits per heavy atom. The molecule has 0 saturated carbocycles. The maximum atomic E-state index is 12.2. The van der Waals surface area contributed by atoms with E-state index in [0.717, 1.165) is 0 Å². The van der Waals surface area contributed by atoms with E-state index in [4.69, 9.17) is 11.6 Å². The smallest absolute Gasteiger partial charge is 0.202 e. The largest absolute Gasteiger partial charge is 0.348 e. The van der Waals surface area contributed by atoms with E-state index < -0.39 is 5.43 Å². The number of ketones is 1. The van der Waals surface area contributed by atoms with Gasteiger partial charge in [0.25, 0.3) is 0 Å². The fourth-order valence-corrected chi connectivity index (χ4v) is 2.68. The van der Waals surface area contributed by atoms with Gasteiger partial charge in [-0.15, -0.1) is 12.6 Å². The first-order valence-corrected chi connectivity index (χ1v) is 6.29. The van der Waals surface area contributed by atoms with Crippen LogP contribution in [0.2, 0.25) is 5.02 Å². The number of halogens is 2. The van der Waals surface area contributed by atoms with E-state index >= 15 is 0 Å². The van der Waals surface area contributed by atoms with Crippen molar-refractivity contribution in [2.24, 2.45) is 0 Å². The van der Waals surface area contributed by atoms with E-state index in [1.54, 1.807) is 12.1 Å². The Kier molecular flexibility index (Phi) is 3.34. The van der Waals surface area contributed by atoms with Crippen LogP contribution in [0.25, 0.3) is 10.9 Å². The van der Waals surface area contributed by atoms with E-state index in [2.05, 4.69) is 33.5 Å². The maximum absolute atomic E-state index is 12.2. The van der Waals surface area contributed by atoms with Crippen LogP contribution in [0.3, 0.4) is 0 Å². The average molecular weight is 333 g/mol. The third-order valence-corrected chi connectivity index (χ3v) is 3.70. The molecule has 0 saturated heterocycles. The van der Waals surface area contributed by atoms with Crippen molar-refractivity contribution in [1.29, 1.82) is 0 Å². The monoisotopic (exact) mass is 331 g/mol. The summed E-state index contributed by atoms with van der Waals surface area (Å²) in [6, 6.07) is 3.33. The predicted molar refractivity (Wildman–Crippen MR) is 74.5 cm³/mol. The predicted octanol–water partition coefficient (Wildman–Crippen LogP) is 3.44. The quantitative estimate of drug-likeness (QED) is 0.621. The van der Waals surface area contributed by atoms with Crippen LogP contribution in [-0.2, 0) is 0 Å². The number of hydrogen-bond acceptors (Lipinski definition) is 3. The fraction of sp³-hybridized carbons (Fsp3) is 0.0909. The average Bonchev–Trinajstić information content (AvgIpc) is 2.22. The number of benzene rings is 1. The molecule has 2 aromatic rings. The standard InChI is InChI=1S/C11H7BrClNO2S/c1-4(15)7-10(16)8-6(13)3-2-5(12)9(8)14-11(7)17/h2-3H,1H3,(H2,14,16,17). The Morgan fingerprint density at radius 2 is 2.12 bits per heavy atom. The lowest BCUT2D eigenvalue weighted by Crippen LogP contribution is -2.16. The molecule has 0 atom stereocenters. The molecule has 0 aliphatic rings. The molecule has 88 valence electrons. The lowest BCUT2D eigenvalue weighted by molar-refractivity contribution is 0.101. The zero-order chi connectivity index (χ0) is 12.7. The zero-order valence-corrected chi connectivity index (χ0v) is 11.9. The Bertz CT molecular complexity index is 696. The fourth-order valence-electron chi connectivity index (χ4n) is 1.64. The molecule has 1 N–H and O–H groups in total. The summed E-state index contributed by atoms with van der Waals surface area (Å²) >= 11 is 13.4.